The number of hydrogen-bond acceptors (Lipinski definition) is 2. The first-order chi connectivity index (χ1) is 7.59. The number of carbonyl (C=O) groups excluding carboxylic acids is 1. The van der Waals surface area contributed by atoms with Crippen molar-refractivity contribution < 1.29 is 4.79 Å². The Morgan fingerprint density at radius 3 is 2.62 bits per heavy atom. The molecule has 1 aliphatic carbocycles. The molecule has 1 aliphatic rings. The minimum atomic E-state index is -0.786. The molecule has 0 unspecified atom stereocenters. The molecule has 0 spiro atoms. The van der Waals surface area contributed by atoms with Crippen molar-refractivity contribution in [3.63, 3.8) is 0 Å². The van der Waals surface area contributed by atoms with Gasteiger partial charge in [-0.2, -0.15) is 5.26 Å². The fourth-order valence-corrected chi connectivity index (χ4v) is 2.38. The first kappa shape index (κ1) is 12.6. The van der Waals surface area contributed by atoms with Crippen LogP contribution in [0, 0.1) is 35.0 Å². The maximum Gasteiger partial charge on any atom is 0.243 e. The first-order valence-corrected chi connectivity index (χ1v) is 5.73. The minimum absolute atomic E-state index is 0.0760. The van der Waals surface area contributed by atoms with Crippen molar-refractivity contribution in [2.24, 2.45) is 11.3 Å². The molecule has 1 saturated carbocycles. The van der Waals surface area contributed by atoms with Crippen LogP contribution in [-0.2, 0) is 4.79 Å². The largest absolute Gasteiger partial charge is 0.330 e. The molecule has 0 aromatic rings. The molecule has 86 valence electrons. The summed E-state index contributed by atoms with van der Waals surface area (Å²) in [5.74, 6) is 2.88. The van der Waals surface area contributed by atoms with Gasteiger partial charge in [0.2, 0.25) is 5.91 Å². The van der Waals surface area contributed by atoms with Crippen LogP contribution in [0.15, 0.2) is 0 Å². The summed E-state index contributed by atoms with van der Waals surface area (Å²) in [4.78, 5) is 13.8. The van der Waals surface area contributed by atoms with Gasteiger partial charge in [-0.3, -0.25) is 4.79 Å². The van der Waals surface area contributed by atoms with Gasteiger partial charge in [-0.15, -0.1) is 6.42 Å². The molecule has 0 N–H and O–H groups in total. The Labute approximate surface area is 97.4 Å². The number of carbonyl (C=O) groups is 1. The van der Waals surface area contributed by atoms with E-state index in [2.05, 4.69) is 18.9 Å². The molecule has 0 aromatic heterocycles. The van der Waals surface area contributed by atoms with Crippen LogP contribution in [0.2, 0.25) is 0 Å². The lowest BCUT2D eigenvalue weighted by Crippen LogP contribution is -2.50. The van der Waals surface area contributed by atoms with Crippen LogP contribution in [0.1, 0.15) is 33.1 Å². The first-order valence-electron chi connectivity index (χ1n) is 5.73. The fourth-order valence-electron chi connectivity index (χ4n) is 2.38. The lowest BCUT2D eigenvalue weighted by molar-refractivity contribution is -0.144. The maximum absolute atomic E-state index is 12.2. The lowest BCUT2D eigenvalue weighted by Gasteiger charge is -2.42. The molecular weight excluding hydrogens is 200 g/mol. The van der Waals surface area contributed by atoms with Crippen molar-refractivity contribution in [3.05, 3.63) is 0 Å². The third-order valence-corrected chi connectivity index (χ3v) is 3.08. The Kier molecular flexibility index (Phi) is 3.96. The Morgan fingerprint density at radius 1 is 1.62 bits per heavy atom. The van der Waals surface area contributed by atoms with Crippen LogP contribution in [0.3, 0.4) is 0 Å². The predicted octanol–water partition coefficient (Wildman–Crippen LogP) is 1.80. The molecule has 16 heavy (non-hydrogen) atoms. The molecule has 0 saturated heterocycles. The Hall–Kier alpha value is -1.48. The van der Waals surface area contributed by atoms with E-state index in [4.69, 9.17) is 11.7 Å². The molecule has 0 heterocycles. The van der Waals surface area contributed by atoms with Gasteiger partial charge in [0.25, 0.3) is 0 Å². The van der Waals surface area contributed by atoms with E-state index < -0.39 is 5.41 Å². The normalized spacial score (nSPS) is 27.4. The van der Waals surface area contributed by atoms with Crippen molar-refractivity contribution in [1.82, 2.24) is 4.90 Å². The van der Waals surface area contributed by atoms with Gasteiger partial charge >= 0.3 is 0 Å². The molecule has 1 fully saturated rings. The second kappa shape index (κ2) is 5.03. The molecule has 0 radical (unpaired) electrons. The number of hydrogen-bond donors (Lipinski definition) is 0. The summed E-state index contributed by atoms with van der Waals surface area (Å²) in [5, 5.41) is 9.16. The van der Waals surface area contributed by atoms with Crippen molar-refractivity contribution in [2.45, 2.75) is 33.1 Å². The van der Waals surface area contributed by atoms with E-state index in [1.54, 1.807) is 4.90 Å². The van der Waals surface area contributed by atoms with Crippen molar-refractivity contribution in [1.29, 1.82) is 5.26 Å². The molecular formula is C13H18N2O. The Bertz CT molecular complexity index is 342. The smallest absolute Gasteiger partial charge is 0.243 e. The van der Waals surface area contributed by atoms with Gasteiger partial charge in [0.1, 0.15) is 5.41 Å². The van der Waals surface area contributed by atoms with Gasteiger partial charge < -0.3 is 4.90 Å². The van der Waals surface area contributed by atoms with Crippen LogP contribution in [0.25, 0.3) is 0 Å². The summed E-state index contributed by atoms with van der Waals surface area (Å²) < 4.78 is 0. The second-order valence-corrected chi connectivity index (χ2v) is 4.64. The predicted molar refractivity (Wildman–Crippen MR) is 62.1 cm³/mol. The zero-order valence-electron chi connectivity index (χ0n) is 9.99. The fraction of sp³-hybridized carbons (Fsp3) is 0.692. The van der Waals surface area contributed by atoms with E-state index in [0.717, 1.165) is 6.42 Å². The van der Waals surface area contributed by atoms with Crippen LogP contribution in [0.4, 0.5) is 0 Å². The average Bonchev–Trinajstić information content (AvgIpc) is 2.23. The van der Waals surface area contributed by atoms with Gasteiger partial charge in [-0.05, 0) is 25.2 Å². The second-order valence-electron chi connectivity index (χ2n) is 4.64. The van der Waals surface area contributed by atoms with Gasteiger partial charge in [0, 0.05) is 6.54 Å². The van der Waals surface area contributed by atoms with Crippen molar-refractivity contribution in [3.8, 4) is 18.4 Å². The Morgan fingerprint density at radius 2 is 2.25 bits per heavy atom. The quantitative estimate of drug-likeness (QED) is 0.675. The van der Waals surface area contributed by atoms with E-state index in [9.17, 15) is 4.79 Å². The van der Waals surface area contributed by atoms with Crippen molar-refractivity contribution >= 4 is 5.91 Å². The summed E-state index contributed by atoms with van der Waals surface area (Å²) in [7, 11) is 0. The zero-order valence-corrected chi connectivity index (χ0v) is 9.99. The number of nitriles is 1. The number of nitrogens with zero attached hydrogens (tertiary/aromatic N) is 2. The molecule has 1 rings (SSSR count). The highest BCUT2D eigenvalue weighted by atomic mass is 16.2. The van der Waals surface area contributed by atoms with E-state index in [-0.39, 0.29) is 5.91 Å². The monoisotopic (exact) mass is 218 g/mol. The maximum atomic E-state index is 12.2. The molecule has 3 heteroatoms. The Balaban J connectivity index is 2.75. The van der Waals surface area contributed by atoms with Gasteiger partial charge in [-0.1, -0.05) is 19.8 Å². The average molecular weight is 218 g/mol. The van der Waals surface area contributed by atoms with E-state index in [1.807, 2.05) is 6.92 Å². The van der Waals surface area contributed by atoms with Crippen LogP contribution in [-0.4, -0.2) is 23.9 Å². The van der Waals surface area contributed by atoms with Gasteiger partial charge in [0.15, 0.2) is 0 Å². The van der Waals surface area contributed by atoms with E-state index >= 15 is 0 Å². The highest BCUT2D eigenvalue weighted by molar-refractivity contribution is 5.86. The standard InChI is InChI=1S/C13H18N2O/c1-4-6-15(7-5-2)12(16)13(10-14)8-11(3)9-13/h1,11H,5-9H2,2-3H3. The third kappa shape index (κ3) is 2.19. The summed E-state index contributed by atoms with van der Waals surface area (Å²) in [6.45, 7) is 5.01. The van der Waals surface area contributed by atoms with E-state index in [0.29, 0.717) is 31.8 Å². The summed E-state index contributed by atoms with van der Waals surface area (Å²) in [6, 6.07) is 2.18. The lowest BCUT2D eigenvalue weighted by atomic mass is 9.62. The highest BCUT2D eigenvalue weighted by Crippen LogP contribution is 2.46. The summed E-state index contributed by atoms with van der Waals surface area (Å²) in [6.07, 6.45) is 7.46. The number of terminal acetylenes is 1. The SMILES string of the molecule is C#CCN(CCC)C(=O)C1(C#N)CC(C)C1. The van der Waals surface area contributed by atoms with E-state index in [1.165, 1.54) is 0 Å². The number of rotatable bonds is 4. The molecule has 0 aromatic carbocycles. The molecule has 0 atom stereocenters. The summed E-state index contributed by atoms with van der Waals surface area (Å²) >= 11 is 0. The molecule has 1 amide bonds. The molecule has 0 bridgehead atoms. The summed E-state index contributed by atoms with van der Waals surface area (Å²) in [5.41, 5.74) is -0.786. The van der Waals surface area contributed by atoms with Crippen LogP contribution >= 0.6 is 0 Å². The highest BCUT2D eigenvalue weighted by Gasteiger charge is 2.50. The topological polar surface area (TPSA) is 44.1 Å². The van der Waals surface area contributed by atoms with Gasteiger partial charge in [-0.25, -0.2) is 0 Å². The number of amides is 1. The van der Waals surface area contributed by atoms with Gasteiger partial charge in [0.05, 0.1) is 12.6 Å². The van der Waals surface area contributed by atoms with Crippen LogP contribution < -0.4 is 0 Å². The molecule has 3 nitrogen and oxygen atoms in total. The molecule has 0 aliphatic heterocycles. The third-order valence-electron chi connectivity index (χ3n) is 3.08. The zero-order chi connectivity index (χ0) is 12.2. The van der Waals surface area contributed by atoms with Crippen LogP contribution in [0.5, 0.6) is 0 Å². The minimum Gasteiger partial charge on any atom is -0.330 e. The van der Waals surface area contributed by atoms with Crippen molar-refractivity contribution in [2.75, 3.05) is 13.1 Å².